The number of aromatic nitrogens is 2. The Balaban J connectivity index is 2.75. The first-order valence-corrected chi connectivity index (χ1v) is 3.61. The average molecular weight is 136 g/mol. The summed E-state index contributed by atoms with van der Waals surface area (Å²) in [7, 11) is 0. The van der Waals surface area contributed by atoms with Crippen molar-refractivity contribution in [3.05, 3.63) is 23.8 Å². The molecule has 0 N–H and O–H groups in total. The van der Waals surface area contributed by atoms with Gasteiger partial charge in [0.15, 0.2) is 0 Å². The molecular formula is C8H12N2. The second-order valence-corrected chi connectivity index (χ2v) is 2.36. The van der Waals surface area contributed by atoms with Crippen molar-refractivity contribution in [2.24, 2.45) is 0 Å². The van der Waals surface area contributed by atoms with Crippen molar-refractivity contribution in [3.63, 3.8) is 0 Å². The number of hydrogen-bond donors (Lipinski definition) is 0. The molecule has 0 fully saturated rings. The smallest absolute Gasteiger partial charge is 0.128 e. The maximum atomic E-state index is 4.25. The van der Waals surface area contributed by atoms with Gasteiger partial charge in [-0.2, -0.15) is 0 Å². The summed E-state index contributed by atoms with van der Waals surface area (Å²) >= 11 is 0. The summed E-state index contributed by atoms with van der Waals surface area (Å²) in [5.41, 5.74) is 1.05. The first-order chi connectivity index (χ1) is 4.83. The molecule has 10 heavy (non-hydrogen) atoms. The number of nitrogens with zero attached hydrogens (tertiary/aromatic N) is 2. The second-order valence-electron chi connectivity index (χ2n) is 2.36. The van der Waals surface area contributed by atoms with E-state index in [2.05, 4.69) is 16.9 Å². The van der Waals surface area contributed by atoms with Crippen molar-refractivity contribution in [3.8, 4) is 0 Å². The highest BCUT2D eigenvalue weighted by Gasteiger charge is 1.92. The van der Waals surface area contributed by atoms with Gasteiger partial charge in [-0.1, -0.05) is 6.92 Å². The van der Waals surface area contributed by atoms with Gasteiger partial charge in [0, 0.05) is 18.3 Å². The molecule has 2 heteroatoms. The van der Waals surface area contributed by atoms with Crippen molar-refractivity contribution >= 4 is 0 Å². The van der Waals surface area contributed by atoms with Crippen molar-refractivity contribution in [2.45, 2.75) is 26.7 Å². The Kier molecular flexibility index (Phi) is 2.37. The largest absolute Gasteiger partial charge is 0.241 e. The van der Waals surface area contributed by atoms with Crippen LogP contribution in [0, 0.1) is 6.92 Å². The molecule has 0 aliphatic heterocycles. The highest BCUT2D eigenvalue weighted by Crippen LogP contribution is 1.95. The van der Waals surface area contributed by atoms with Crippen LogP contribution < -0.4 is 0 Å². The lowest BCUT2D eigenvalue weighted by molar-refractivity contribution is 0.825. The summed E-state index contributed by atoms with van der Waals surface area (Å²) in [6.07, 6.45) is 3.92. The summed E-state index contributed by atoms with van der Waals surface area (Å²) in [6, 6.07) is 1.92. The van der Waals surface area contributed by atoms with E-state index >= 15 is 0 Å². The molecule has 0 saturated carbocycles. The maximum absolute atomic E-state index is 4.25. The van der Waals surface area contributed by atoms with E-state index < -0.39 is 0 Å². The molecule has 0 saturated heterocycles. The molecule has 0 unspecified atom stereocenters. The Morgan fingerprint density at radius 2 is 2.30 bits per heavy atom. The summed E-state index contributed by atoms with van der Waals surface area (Å²) < 4.78 is 0. The van der Waals surface area contributed by atoms with Gasteiger partial charge >= 0.3 is 0 Å². The van der Waals surface area contributed by atoms with Crippen LogP contribution in [0.15, 0.2) is 12.3 Å². The van der Waals surface area contributed by atoms with Crippen molar-refractivity contribution in [2.75, 3.05) is 0 Å². The van der Waals surface area contributed by atoms with Gasteiger partial charge in [-0.3, -0.25) is 0 Å². The minimum Gasteiger partial charge on any atom is -0.241 e. The van der Waals surface area contributed by atoms with Crippen LogP contribution in [0.3, 0.4) is 0 Å². The summed E-state index contributed by atoms with van der Waals surface area (Å²) in [4.78, 5) is 8.37. The molecule has 0 aliphatic rings. The van der Waals surface area contributed by atoms with Gasteiger partial charge in [-0.25, -0.2) is 9.97 Å². The molecule has 0 bridgehead atoms. The molecule has 54 valence electrons. The first kappa shape index (κ1) is 7.19. The van der Waals surface area contributed by atoms with Gasteiger partial charge in [0.1, 0.15) is 5.82 Å². The summed E-state index contributed by atoms with van der Waals surface area (Å²) in [5.74, 6) is 0.961. The quantitative estimate of drug-likeness (QED) is 0.618. The second kappa shape index (κ2) is 3.30. The lowest BCUT2D eigenvalue weighted by atomic mass is 10.3. The van der Waals surface area contributed by atoms with E-state index in [4.69, 9.17) is 0 Å². The molecule has 1 aromatic rings. The molecule has 0 aromatic carbocycles. The molecular weight excluding hydrogens is 124 g/mol. The number of aryl methyl sites for hydroxylation is 2. The predicted molar refractivity (Wildman–Crippen MR) is 40.8 cm³/mol. The Labute approximate surface area is 61.3 Å². The van der Waals surface area contributed by atoms with Crippen LogP contribution in [0.4, 0.5) is 0 Å². The minimum absolute atomic E-state index is 0.961. The lowest BCUT2D eigenvalue weighted by Gasteiger charge is -1.95. The highest BCUT2D eigenvalue weighted by atomic mass is 14.9. The van der Waals surface area contributed by atoms with Gasteiger partial charge in [0.05, 0.1) is 0 Å². The molecule has 2 nitrogen and oxygen atoms in total. The van der Waals surface area contributed by atoms with Crippen LogP contribution in [0.1, 0.15) is 24.9 Å². The molecule has 0 spiro atoms. The van der Waals surface area contributed by atoms with E-state index in [0.717, 1.165) is 24.4 Å². The Hall–Kier alpha value is -0.920. The number of hydrogen-bond acceptors (Lipinski definition) is 2. The fourth-order valence-corrected chi connectivity index (χ4v) is 0.845. The standard InChI is InChI=1S/C8H12N2/c1-3-4-8-9-6-5-7(2)10-8/h5-6H,3-4H2,1-2H3. The predicted octanol–water partition coefficient (Wildman–Crippen LogP) is 1.74. The van der Waals surface area contributed by atoms with E-state index in [1.165, 1.54) is 0 Å². The zero-order chi connectivity index (χ0) is 7.40. The van der Waals surface area contributed by atoms with Gasteiger partial charge < -0.3 is 0 Å². The molecule has 0 radical (unpaired) electrons. The van der Waals surface area contributed by atoms with Crippen LogP contribution in [0.2, 0.25) is 0 Å². The Morgan fingerprint density at radius 1 is 1.50 bits per heavy atom. The van der Waals surface area contributed by atoms with Crippen LogP contribution in [0.25, 0.3) is 0 Å². The summed E-state index contributed by atoms with van der Waals surface area (Å²) in [6.45, 7) is 4.12. The van der Waals surface area contributed by atoms with Crippen molar-refractivity contribution in [1.29, 1.82) is 0 Å². The highest BCUT2D eigenvalue weighted by molar-refractivity contribution is 4.99. The monoisotopic (exact) mass is 136 g/mol. The van der Waals surface area contributed by atoms with E-state index in [-0.39, 0.29) is 0 Å². The molecule has 0 aliphatic carbocycles. The van der Waals surface area contributed by atoms with Crippen molar-refractivity contribution < 1.29 is 0 Å². The molecule has 0 amide bonds. The van der Waals surface area contributed by atoms with E-state index in [0.29, 0.717) is 0 Å². The lowest BCUT2D eigenvalue weighted by Crippen LogP contribution is -1.94. The zero-order valence-electron chi connectivity index (χ0n) is 6.46. The molecule has 1 aromatic heterocycles. The van der Waals surface area contributed by atoms with Gasteiger partial charge in [0.25, 0.3) is 0 Å². The van der Waals surface area contributed by atoms with E-state index in [1.807, 2.05) is 19.2 Å². The minimum atomic E-state index is 0.961. The van der Waals surface area contributed by atoms with Crippen LogP contribution in [0.5, 0.6) is 0 Å². The van der Waals surface area contributed by atoms with Gasteiger partial charge in [-0.15, -0.1) is 0 Å². The molecule has 0 atom stereocenters. The Bertz CT molecular complexity index is 208. The SMILES string of the molecule is CCCc1nccc(C)n1. The first-order valence-electron chi connectivity index (χ1n) is 3.61. The van der Waals surface area contributed by atoms with Crippen LogP contribution in [-0.2, 0) is 6.42 Å². The zero-order valence-corrected chi connectivity index (χ0v) is 6.46. The normalized spacial score (nSPS) is 9.80. The molecule has 1 heterocycles. The van der Waals surface area contributed by atoms with Gasteiger partial charge in [-0.05, 0) is 19.4 Å². The van der Waals surface area contributed by atoms with Crippen LogP contribution in [-0.4, -0.2) is 9.97 Å². The maximum Gasteiger partial charge on any atom is 0.128 e. The van der Waals surface area contributed by atoms with Crippen molar-refractivity contribution in [1.82, 2.24) is 9.97 Å². The summed E-state index contributed by atoms with van der Waals surface area (Å²) in [5, 5.41) is 0. The molecule has 1 rings (SSSR count). The fraction of sp³-hybridized carbons (Fsp3) is 0.500. The third-order valence-electron chi connectivity index (χ3n) is 1.32. The van der Waals surface area contributed by atoms with Gasteiger partial charge in [0.2, 0.25) is 0 Å². The van der Waals surface area contributed by atoms with E-state index in [9.17, 15) is 0 Å². The average Bonchev–Trinajstić information content (AvgIpc) is 1.88. The van der Waals surface area contributed by atoms with Crippen LogP contribution >= 0.6 is 0 Å². The fourth-order valence-electron chi connectivity index (χ4n) is 0.845. The number of rotatable bonds is 2. The topological polar surface area (TPSA) is 25.8 Å². The van der Waals surface area contributed by atoms with E-state index in [1.54, 1.807) is 0 Å². The third-order valence-corrected chi connectivity index (χ3v) is 1.32. The Morgan fingerprint density at radius 3 is 2.90 bits per heavy atom. The third kappa shape index (κ3) is 1.79.